The van der Waals surface area contributed by atoms with E-state index >= 15 is 0 Å². The molecule has 1 amide bonds. The number of benzene rings is 1. The van der Waals surface area contributed by atoms with Crippen molar-refractivity contribution in [2.75, 3.05) is 16.8 Å². The van der Waals surface area contributed by atoms with Gasteiger partial charge < -0.3 is 10.2 Å². The SMILES string of the molecule is CC(=O)N1CCc2ccc(NC=C(C#N)C#N)cc21. The number of anilines is 2. The third-order valence-corrected chi connectivity index (χ3v) is 2.99. The first kappa shape index (κ1) is 12.7. The molecule has 0 saturated carbocycles. The van der Waals surface area contributed by atoms with Crippen molar-refractivity contribution in [1.82, 2.24) is 0 Å². The second-order valence-corrected chi connectivity index (χ2v) is 4.19. The topological polar surface area (TPSA) is 79.9 Å². The van der Waals surface area contributed by atoms with Crippen molar-refractivity contribution in [1.29, 1.82) is 10.5 Å². The fourth-order valence-corrected chi connectivity index (χ4v) is 2.04. The van der Waals surface area contributed by atoms with E-state index in [4.69, 9.17) is 10.5 Å². The average molecular weight is 252 g/mol. The van der Waals surface area contributed by atoms with Crippen molar-refractivity contribution < 1.29 is 4.79 Å². The first-order valence-electron chi connectivity index (χ1n) is 5.83. The lowest BCUT2D eigenvalue weighted by Gasteiger charge is -2.15. The predicted octanol–water partition coefficient (Wildman–Crippen LogP) is 1.94. The average Bonchev–Trinajstić information content (AvgIpc) is 2.83. The molecule has 5 heteroatoms. The first-order valence-corrected chi connectivity index (χ1v) is 5.83. The van der Waals surface area contributed by atoms with Gasteiger partial charge in [0.1, 0.15) is 17.7 Å². The van der Waals surface area contributed by atoms with E-state index in [2.05, 4.69) is 5.32 Å². The highest BCUT2D eigenvalue weighted by molar-refractivity contribution is 5.94. The molecule has 0 aliphatic carbocycles. The van der Waals surface area contributed by atoms with Crippen molar-refractivity contribution in [2.24, 2.45) is 0 Å². The van der Waals surface area contributed by atoms with Crippen LogP contribution in [0.2, 0.25) is 0 Å². The molecule has 0 unspecified atom stereocenters. The van der Waals surface area contributed by atoms with E-state index in [-0.39, 0.29) is 11.5 Å². The molecular weight excluding hydrogens is 240 g/mol. The number of fused-ring (bicyclic) bond motifs is 1. The Morgan fingerprint density at radius 3 is 2.79 bits per heavy atom. The summed E-state index contributed by atoms with van der Waals surface area (Å²) < 4.78 is 0. The maximum Gasteiger partial charge on any atom is 0.223 e. The Morgan fingerprint density at radius 2 is 2.16 bits per heavy atom. The van der Waals surface area contributed by atoms with Gasteiger partial charge in [-0.3, -0.25) is 4.79 Å². The van der Waals surface area contributed by atoms with Crippen LogP contribution in [-0.2, 0) is 11.2 Å². The zero-order chi connectivity index (χ0) is 13.8. The minimum absolute atomic E-state index is 0.00363. The molecule has 0 spiro atoms. The smallest absolute Gasteiger partial charge is 0.223 e. The van der Waals surface area contributed by atoms with E-state index in [0.717, 1.165) is 23.4 Å². The van der Waals surface area contributed by atoms with Crippen LogP contribution in [0, 0.1) is 22.7 Å². The number of hydrogen-bond donors (Lipinski definition) is 1. The van der Waals surface area contributed by atoms with E-state index in [9.17, 15) is 4.79 Å². The number of carbonyl (C=O) groups excluding carboxylic acids is 1. The van der Waals surface area contributed by atoms with Crippen molar-refractivity contribution in [2.45, 2.75) is 13.3 Å². The molecule has 1 heterocycles. The van der Waals surface area contributed by atoms with Gasteiger partial charge in [-0.2, -0.15) is 10.5 Å². The zero-order valence-electron chi connectivity index (χ0n) is 10.5. The molecular formula is C14H12N4O. The molecule has 5 nitrogen and oxygen atoms in total. The Labute approximate surface area is 111 Å². The number of hydrogen-bond acceptors (Lipinski definition) is 4. The number of nitrogens with one attached hydrogen (secondary N) is 1. The number of amides is 1. The zero-order valence-corrected chi connectivity index (χ0v) is 10.5. The van der Waals surface area contributed by atoms with E-state index in [1.807, 2.05) is 18.2 Å². The van der Waals surface area contributed by atoms with Crippen molar-refractivity contribution >= 4 is 17.3 Å². The molecule has 19 heavy (non-hydrogen) atoms. The van der Waals surface area contributed by atoms with Gasteiger partial charge in [-0.25, -0.2) is 0 Å². The molecule has 0 atom stereocenters. The van der Waals surface area contributed by atoms with Gasteiger partial charge in [-0.15, -0.1) is 0 Å². The van der Waals surface area contributed by atoms with Gasteiger partial charge in [0.25, 0.3) is 0 Å². The number of nitrogens with zero attached hydrogens (tertiary/aromatic N) is 3. The Hall–Kier alpha value is -2.79. The highest BCUT2D eigenvalue weighted by Crippen LogP contribution is 2.30. The highest BCUT2D eigenvalue weighted by atomic mass is 16.2. The molecule has 0 bridgehead atoms. The minimum atomic E-state index is 0.00363. The number of allylic oxidation sites excluding steroid dienone is 1. The predicted molar refractivity (Wildman–Crippen MR) is 71.1 cm³/mol. The van der Waals surface area contributed by atoms with Crippen LogP contribution in [0.5, 0.6) is 0 Å². The third-order valence-electron chi connectivity index (χ3n) is 2.99. The van der Waals surface area contributed by atoms with E-state index in [0.29, 0.717) is 6.54 Å². The molecule has 0 saturated heterocycles. The van der Waals surface area contributed by atoms with E-state index in [1.54, 1.807) is 24.0 Å². The molecule has 1 aliphatic rings. The monoisotopic (exact) mass is 252 g/mol. The van der Waals surface area contributed by atoms with Crippen LogP contribution in [0.1, 0.15) is 12.5 Å². The summed E-state index contributed by atoms with van der Waals surface area (Å²) in [6, 6.07) is 9.22. The summed E-state index contributed by atoms with van der Waals surface area (Å²) in [7, 11) is 0. The van der Waals surface area contributed by atoms with E-state index < -0.39 is 0 Å². The maximum absolute atomic E-state index is 11.5. The largest absolute Gasteiger partial charge is 0.360 e. The van der Waals surface area contributed by atoms with Crippen molar-refractivity contribution in [3.8, 4) is 12.1 Å². The normalized spacial score (nSPS) is 12.1. The number of rotatable bonds is 2. The van der Waals surface area contributed by atoms with Gasteiger partial charge in [0, 0.05) is 31.0 Å². The lowest BCUT2D eigenvalue weighted by atomic mass is 10.1. The Balaban J connectivity index is 2.25. The summed E-state index contributed by atoms with van der Waals surface area (Å²) in [6.07, 6.45) is 2.21. The summed E-state index contributed by atoms with van der Waals surface area (Å²) in [6.45, 7) is 2.24. The quantitative estimate of drug-likeness (QED) is 0.816. The lowest BCUT2D eigenvalue weighted by Crippen LogP contribution is -2.25. The molecule has 94 valence electrons. The Kier molecular flexibility index (Phi) is 3.49. The molecule has 0 radical (unpaired) electrons. The van der Waals surface area contributed by atoms with Crippen LogP contribution in [0.15, 0.2) is 30.0 Å². The standard InChI is InChI=1S/C14H12N4O/c1-10(19)18-5-4-12-2-3-13(6-14(12)18)17-9-11(7-15)8-16/h2-3,6,9,17H,4-5H2,1H3. The summed E-state index contributed by atoms with van der Waals surface area (Å²) >= 11 is 0. The third kappa shape index (κ3) is 2.56. The highest BCUT2D eigenvalue weighted by Gasteiger charge is 2.21. The van der Waals surface area contributed by atoms with Crippen LogP contribution in [-0.4, -0.2) is 12.5 Å². The van der Waals surface area contributed by atoms with Gasteiger partial charge >= 0.3 is 0 Å². The van der Waals surface area contributed by atoms with Gasteiger partial charge in [0.2, 0.25) is 5.91 Å². The minimum Gasteiger partial charge on any atom is -0.360 e. The van der Waals surface area contributed by atoms with Gasteiger partial charge in [-0.05, 0) is 24.1 Å². The fraction of sp³-hybridized carbons (Fsp3) is 0.214. The Morgan fingerprint density at radius 1 is 1.42 bits per heavy atom. The van der Waals surface area contributed by atoms with Crippen LogP contribution < -0.4 is 10.2 Å². The molecule has 1 aromatic rings. The van der Waals surface area contributed by atoms with Gasteiger partial charge in [-0.1, -0.05) is 6.07 Å². The molecule has 1 aromatic carbocycles. The fourth-order valence-electron chi connectivity index (χ4n) is 2.04. The molecule has 2 rings (SSSR count). The second-order valence-electron chi connectivity index (χ2n) is 4.19. The molecule has 0 fully saturated rings. The summed E-state index contributed by atoms with van der Waals surface area (Å²) in [5.41, 5.74) is 2.77. The van der Waals surface area contributed by atoms with Crippen LogP contribution in [0.3, 0.4) is 0 Å². The summed E-state index contributed by atoms with van der Waals surface area (Å²) in [5.74, 6) is 0.0150. The van der Waals surface area contributed by atoms with E-state index in [1.165, 1.54) is 6.20 Å². The maximum atomic E-state index is 11.5. The van der Waals surface area contributed by atoms with Crippen LogP contribution >= 0.6 is 0 Å². The molecule has 1 aliphatic heterocycles. The summed E-state index contributed by atoms with van der Waals surface area (Å²) in [4.78, 5) is 13.2. The second kappa shape index (κ2) is 5.24. The molecule has 0 aromatic heterocycles. The van der Waals surface area contributed by atoms with Crippen molar-refractivity contribution in [3.05, 3.63) is 35.5 Å². The molecule has 1 N–H and O–H groups in total. The van der Waals surface area contributed by atoms with Gasteiger partial charge in [0.15, 0.2) is 0 Å². The first-order chi connectivity index (χ1) is 9.15. The lowest BCUT2D eigenvalue weighted by molar-refractivity contribution is -0.116. The van der Waals surface area contributed by atoms with Crippen LogP contribution in [0.4, 0.5) is 11.4 Å². The number of nitriles is 2. The van der Waals surface area contributed by atoms with Crippen LogP contribution in [0.25, 0.3) is 0 Å². The van der Waals surface area contributed by atoms with Crippen molar-refractivity contribution in [3.63, 3.8) is 0 Å². The Bertz CT molecular complexity index is 618. The van der Waals surface area contributed by atoms with Gasteiger partial charge in [0.05, 0.1) is 0 Å². The number of carbonyl (C=O) groups is 1. The summed E-state index contributed by atoms with van der Waals surface area (Å²) in [5, 5.41) is 20.2.